The van der Waals surface area contributed by atoms with Crippen molar-refractivity contribution in [2.75, 3.05) is 5.32 Å². The SMILES string of the molecule is CC12CCC(C(=O)Nc3ccc(Cl)cn3)(c3nc4cc([N+](=O)[O-])ccc4nc31)C2(C)C. The second kappa shape index (κ2) is 6.20. The van der Waals surface area contributed by atoms with Gasteiger partial charge in [-0.2, -0.15) is 0 Å². The molecule has 0 saturated heterocycles. The maximum atomic E-state index is 13.8. The molecule has 1 fully saturated rings. The van der Waals surface area contributed by atoms with Gasteiger partial charge in [-0.3, -0.25) is 14.9 Å². The molecule has 0 aliphatic heterocycles. The van der Waals surface area contributed by atoms with E-state index in [1.807, 2.05) is 0 Å². The number of carbonyl (C=O) groups excluding carboxylic acids is 1. The van der Waals surface area contributed by atoms with Crippen molar-refractivity contribution in [1.29, 1.82) is 0 Å². The molecule has 3 aromatic rings. The summed E-state index contributed by atoms with van der Waals surface area (Å²) in [7, 11) is 0. The Hall–Kier alpha value is -3.13. The van der Waals surface area contributed by atoms with Gasteiger partial charge in [-0.1, -0.05) is 32.4 Å². The third kappa shape index (κ3) is 2.42. The molecule has 1 N–H and O–H groups in total. The molecule has 5 rings (SSSR count). The van der Waals surface area contributed by atoms with Gasteiger partial charge in [0, 0.05) is 23.7 Å². The fourth-order valence-corrected chi connectivity index (χ4v) is 5.49. The number of pyridine rings is 1. The molecule has 1 aromatic carbocycles. The Labute approximate surface area is 183 Å². The van der Waals surface area contributed by atoms with Gasteiger partial charge in [0.05, 0.1) is 37.8 Å². The lowest BCUT2D eigenvalue weighted by atomic mass is 9.63. The van der Waals surface area contributed by atoms with E-state index in [4.69, 9.17) is 21.6 Å². The van der Waals surface area contributed by atoms with Crippen molar-refractivity contribution in [2.24, 2.45) is 5.41 Å². The van der Waals surface area contributed by atoms with Crippen LogP contribution in [0.15, 0.2) is 36.5 Å². The molecule has 8 nitrogen and oxygen atoms in total. The number of nitro groups is 1. The third-order valence-electron chi connectivity index (χ3n) is 7.59. The first-order valence-electron chi connectivity index (χ1n) is 10.0. The summed E-state index contributed by atoms with van der Waals surface area (Å²) in [5.74, 6) is 0.208. The van der Waals surface area contributed by atoms with E-state index in [1.54, 1.807) is 18.2 Å². The summed E-state index contributed by atoms with van der Waals surface area (Å²) in [6.45, 7) is 6.27. The highest BCUT2D eigenvalue weighted by Crippen LogP contribution is 2.70. The average molecular weight is 438 g/mol. The van der Waals surface area contributed by atoms with E-state index < -0.39 is 15.8 Å². The van der Waals surface area contributed by atoms with Gasteiger partial charge in [0.25, 0.3) is 5.69 Å². The number of carbonyl (C=O) groups is 1. The topological polar surface area (TPSA) is 111 Å². The molecule has 1 saturated carbocycles. The number of nitro benzene ring substituents is 1. The molecule has 2 heterocycles. The highest BCUT2D eigenvalue weighted by atomic mass is 35.5. The summed E-state index contributed by atoms with van der Waals surface area (Å²) in [5, 5.41) is 14.7. The number of nitrogens with zero attached hydrogens (tertiary/aromatic N) is 4. The molecule has 2 aliphatic rings. The van der Waals surface area contributed by atoms with E-state index in [1.165, 1.54) is 18.3 Å². The Morgan fingerprint density at radius 3 is 2.52 bits per heavy atom. The molecule has 2 atom stereocenters. The Balaban J connectivity index is 1.69. The molecule has 31 heavy (non-hydrogen) atoms. The van der Waals surface area contributed by atoms with E-state index in [-0.39, 0.29) is 17.0 Å². The summed E-state index contributed by atoms with van der Waals surface area (Å²) in [6.07, 6.45) is 2.88. The number of hydrogen-bond acceptors (Lipinski definition) is 6. The first-order chi connectivity index (χ1) is 14.6. The maximum Gasteiger partial charge on any atom is 0.271 e. The number of anilines is 1. The minimum atomic E-state index is -0.926. The number of non-ortho nitro benzene ring substituents is 1. The van der Waals surface area contributed by atoms with Gasteiger partial charge in [0.2, 0.25) is 5.91 Å². The van der Waals surface area contributed by atoms with Gasteiger partial charge in [0.15, 0.2) is 0 Å². The Bertz CT molecular complexity index is 1280. The molecule has 2 unspecified atom stereocenters. The van der Waals surface area contributed by atoms with E-state index >= 15 is 0 Å². The number of benzene rings is 1. The number of halogens is 1. The van der Waals surface area contributed by atoms with E-state index in [9.17, 15) is 14.9 Å². The van der Waals surface area contributed by atoms with Crippen LogP contribution in [0.3, 0.4) is 0 Å². The Morgan fingerprint density at radius 2 is 1.84 bits per heavy atom. The maximum absolute atomic E-state index is 13.8. The van der Waals surface area contributed by atoms with E-state index in [0.29, 0.717) is 34.0 Å². The second-order valence-electron chi connectivity index (χ2n) is 9.03. The van der Waals surface area contributed by atoms with Gasteiger partial charge in [-0.15, -0.1) is 0 Å². The predicted molar refractivity (Wildman–Crippen MR) is 116 cm³/mol. The minimum absolute atomic E-state index is 0.0563. The zero-order valence-corrected chi connectivity index (χ0v) is 18.0. The van der Waals surface area contributed by atoms with Gasteiger partial charge >= 0.3 is 0 Å². The Kier molecular flexibility index (Phi) is 3.96. The minimum Gasteiger partial charge on any atom is -0.310 e. The zero-order valence-electron chi connectivity index (χ0n) is 17.3. The number of aromatic nitrogens is 3. The van der Waals surface area contributed by atoms with Crippen molar-refractivity contribution in [3.05, 3.63) is 63.1 Å². The quantitative estimate of drug-likeness (QED) is 0.475. The summed E-state index contributed by atoms with van der Waals surface area (Å²) >= 11 is 5.92. The Morgan fingerprint density at radius 1 is 1.10 bits per heavy atom. The van der Waals surface area contributed by atoms with Gasteiger partial charge in [0.1, 0.15) is 5.82 Å². The molecule has 2 bridgehead atoms. The van der Waals surface area contributed by atoms with Gasteiger partial charge < -0.3 is 5.32 Å². The fourth-order valence-electron chi connectivity index (χ4n) is 5.38. The zero-order chi connectivity index (χ0) is 22.2. The van der Waals surface area contributed by atoms with E-state index in [2.05, 4.69) is 31.1 Å². The molecule has 2 aliphatic carbocycles. The van der Waals surface area contributed by atoms with Crippen molar-refractivity contribution >= 4 is 40.0 Å². The molecule has 2 aromatic heterocycles. The molecule has 1 amide bonds. The van der Waals surface area contributed by atoms with Crippen LogP contribution in [0, 0.1) is 15.5 Å². The van der Waals surface area contributed by atoms with Crippen LogP contribution in [-0.4, -0.2) is 25.8 Å². The van der Waals surface area contributed by atoms with Gasteiger partial charge in [-0.25, -0.2) is 15.0 Å². The van der Waals surface area contributed by atoms with E-state index in [0.717, 1.165) is 12.1 Å². The van der Waals surface area contributed by atoms with Crippen LogP contribution in [0.1, 0.15) is 45.0 Å². The van der Waals surface area contributed by atoms with Crippen molar-refractivity contribution in [2.45, 2.75) is 44.4 Å². The number of fused-ring (bicyclic) bond motifs is 6. The van der Waals surface area contributed by atoms with Crippen LogP contribution in [0.25, 0.3) is 11.0 Å². The smallest absolute Gasteiger partial charge is 0.271 e. The van der Waals surface area contributed by atoms with Crippen molar-refractivity contribution in [3.63, 3.8) is 0 Å². The highest BCUT2D eigenvalue weighted by molar-refractivity contribution is 6.30. The predicted octanol–water partition coefficient (Wildman–Crippen LogP) is 4.55. The molecular weight excluding hydrogens is 418 g/mol. The normalized spacial score (nSPS) is 25.4. The van der Waals surface area contributed by atoms with Crippen LogP contribution in [-0.2, 0) is 15.6 Å². The summed E-state index contributed by atoms with van der Waals surface area (Å²) in [4.78, 5) is 38.4. The van der Waals surface area contributed by atoms with Crippen molar-refractivity contribution in [1.82, 2.24) is 15.0 Å². The van der Waals surface area contributed by atoms with Crippen molar-refractivity contribution in [3.8, 4) is 0 Å². The molecule has 9 heteroatoms. The largest absolute Gasteiger partial charge is 0.310 e. The first-order valence-corrected chi connectivity index (χ1v) is 10.4. The lowest BCUT2D eigenvalue weighted by molar-refractivity contribution is -0.384. The summed E-state index contributed by atoms with van der Waals surface area (Å²) in [6, 6.07) is 7.78. The van der Waals surface area contributed by atoms with Crippen LogP contribution in [0.4, 0.5) is 11.5 Å². The van der Waals surface area contributed by atoms with Crippen LogP contribution in [0.5, 0.6) is 0 Å². The molecule has 0 spiro atoms. The molecular formula is C22H20ClN5O3. The monoisotopic (exact) mass is 437 g/mol. The molecule has 0 radical (unpaired) electrons. The fraction of sp³-hybridized carbons (Fsp3) is 0.364. The number of nitrogens with one attached hydrogen (secondary N) is 1. The van der Waals surface area contributed by atoms with Crippen LogP contribution < -0.4 is 5.32 Å². The standard InChI is InChI=1S/C22H20ClN5O3/c1-20(2)21(3)8-9-22(20,19(29)27-16-7-4-12(23)11-24-16)18-17(21)25-14-6-5-13(28(30)31)10-15(14)26-18/h4-7,10-11H,8-9H2,1-3H3,(H,24,27,29). The third-order valence-corrected chi connectivity index (χ3v) is 7.81. The molecule has 158 valence electrons. The number of amides is 1. The highest BCUT2D eigenvalue weighted by Gasteiger charge is 2.73. The number of hydrogen-bond donors (Lipinski definition) is 1. The lowest BCUT2D eigenvalue weighted by Crippen LogP contribution is -2.48. The first kappa shape index (κ1) is 19.8. The average Bonchev–Trinajstić information content (AvgIpc) is 3.03. The van der Waals surface area contributed by atoms with Crippen LogP contribution in [0.2, 0.25) is 5.02 Å². The van der Waals surface area contributed by atoms with Crippen molar-refractivity contribution < 1.29 is 9.72 Å². The van der Waals surface area contributed by atoms with Crippen LogP contribution >= 0.6 is 11.6 Å². The summed E-state index contributed by atoms with van der Waals surface area (Å²) in [5.41, 5.74) is 0.595. The van der Waals surface area contributed by atoms with Gasteiger partial charge in [-0.05, 0) is 36.5 Å². The second-order valence-corrected chi connectivity index (χ2v) is 9.47. The summed E-state index contributed by atoms with van der Waals surface area (Å²) < 4.78 is 0. The number of rotatable bonds is 3. The lowest BCUT2D eigenvalue weighted by Gasteiger charge is -2.39.